The number of H-pyrrole nitrogens is 1. The van der Waals surface area contributed by atoms with Gasteiger partial charge in [-0.1, -0.05) is 31.2 Å². The molecule has 2 aromatic carbocycles. The molecule has 0 radical (unpaired) electrons. The van der Waals surface area contributed by atoms with Crippen molar-refractivity contribution in [1.29, 1.82) is 0 Å². The van der Waals surface area contributed by atoms with Crippen LogP contribution in [0, 0.1) is 0 Å². The third kappa shape index (κ3) is 4.41. The van der Waals surface area contributed by atoms with E-state index >= 15 is 0 Å². The molecule has 1 aromatic heterocycles. The Hall–Kier alpha value is -3.56. The molecule has 2 saturated heterocycles. The van der Waals surface area contributed by atoms with Crippen LogP contribution in [0.1, 0.15) is 43.0 Å². The second-order valence-corrected chi connectivity index (χ2v) is 11.0. The van der Waals surface area contributed by atoms with Crippen LogP contribution in [0.15, 0.2) is 42.5 Å². The molecule has 9 heteroatoms. The van der Waals surface area contributed by atoms with Crippen molar-refractivity contribution in [2.45, 2.75) is 31.7 Å². The lowest BCUT2D eigenvalue weighted by molar-refractivity contribution is -0.166. The van der Waals surface area contributed by atoms with Crippen LogP contribution in [0.2, 0.25) is 0 Å². The van der Waals surface area contributed by atoms with E-state index < -0.39 is 5.54 Å². The average molecular weight is 547 g/mol. The highest BCUT2D eigenvalue weighted by molar-refractivity contribution is 6.01. The quantitative estimate of drug-likeness (QED) is 0.467. The largest absolute Gasteiger partial charge is 0.493 e. The van der Waals surface area contributed by atoms with Gasteiger partial charge in [-0.15, -0.1) is 0 Å². The maximum atomic E-state index is 14.3. The molecule has 0 unspecified atom stereocenters. The first-order valence-electron chi connectivity index (χ1n) is 14.3. The van der Waals surface area contributed by atoms with Crippen LogP contribution in [0.3, 0.4) is 0 Å². The fourth-order valence-electron chi connectivity index (χ4n) is 6.47. The summed E-state index contributed by atoms with van der Waals surface area (Å²) in [4.78, 5) is 37.4. The second-order valence-electron chi connectivity index (χ2n) is 11.0. The highest BCUT2D eigenvalue weighted by atomic mass is 16.5. The Morgan fingerprint density at radius 1 is 1.07 bits per heavy atom. The summed E-state index contributed by atoms with van der Waals surface area (Å²) >= 11 is 0. The molecule has 0 spiro atoms. The molecule has 6 rings (SSSR count). The molecule has 3 aromatic rings. The van der Waals surface area contributed by atoms with E-state index in [2.05, 4.69) is 28.9 Å². The number of fused-ring (bicyclic) bond motifs is 5. The SMILES string of the molecule is CCCOc1ccc([C@H]2CN3C(=O)CN(CCN4CCOCC4)C(=O)[C@]3(C)c3[nH]c4ccccc4c32)cc1OC. The average Bonchev–Trinajstić information content (AvgIpc) is 3.38. The molecule has 3 aliphatic heterocycles. The summed E-state index contributed by atoms with van der Waals surface area (Å²) in [6.45, 7) is 9.42. The number of carbonyl (C=O) groups is 2. The van der Waals surface area contributed by atoms with E-state index in [1.54, 1.807) is 16.9 Å². The van der Waals surface area contributed by atoms with Gasteiger partial charge in [-0.2, -0.15) is 0 Å². The van der Waals surface area contributed by atoms with Gasteiger partial charge in [0.1, 0.15) is 0 Å². The van der Waals surface area contributed by atoms with Gasteiger partial charge in [0.05, 0.1) is 39.2 Å². The van der Waals surface area contributed by atoms with Gasteiger partial charge in [-0.05, 0) is 42.7 Å². The predicted octanol–water partition coefficient (Wildman–Crippen LogP) is 3.33. The van der Waals surface area contributed by atoms with Crippen LogP contribution in [0.25, 0.3) is 10.9 Å². The molecule has 0 aliphatic carbocycles. The first-order valence-corrected chi connectivity index (χ1v) is 14.3. The third-order valence-corrected chi connectivity index (χ3v) is 8.66. The number of aromatic nitrogens is 1. The molecular weight excluding hydrogens is 508 g/mol. The number of nitrogens with one attached hydrogen (secondary N) is 1. The number of carbonyl (C=O) groups excluding carboxylic acids is 2. The molecule has 2 atom stereocenters. The van der Waals surface area contributed by atoms with Crippen molar-refractivity contribution in [3.05, 3.63) is 59.3 Å². The van der Waals surface area contributed by atoms with E-state index in [1.807, 2.05) is 37.3 Å². The Labute approximate surface area is 235 Å². The number of para-hydroxylation sites is 1. The zero-order valence-electron chi connectivity index (χ0n) is 23.6. The first kappa shape index (κ1) is 26.7. The highest BCUT2D eigenvalue weighted by Crippen LogP contribution is 2.49. The van der Waals surface area contributed by atoms with Gasteiger partial charge in [0.25, 0.3) is 5.91 Å². The van der Waals surface area contributed by atoms with Crippen molar-refractivity contribution >= 4 is 22.7 Å². The normalized spacial score (nSPS) is 23.3. The number of ether oxygens (including phenoxy) is 3. The fraction of sp³-hybridized carbons (Fsp3) is 0.484. The van der Waals surface area contributed by atoms with Gasteiger partial charge in [0, 0.05) is 49.5 Å². The van der Waals surface area contributed by atoms with Gasteiger partial charge in [0.2, 0.25) is 5.91 Å². The zero-order valence-corrected chi connectivity index (χ0v) is 23.6. The van der Waals surface area contributed by atoms with Gasteiger partial charge in [-0.25, -0.2) is 0 Å². The molecule has 40 heavy (non-hydrogen) atoms. The summed E-state index contributed by atoms with van der Waals surface area (Å²) in [6.07, 6.45) is 0.902. The molecule has 1 N–H and O–H groups in total. The number of hydrogen-bond acceptors (Lipinski definition) is 6. The predicted molar refractivity (Wildman–Crippen MR) is 152 cm³/mol. The molecule has 0 bridgehead atoms. The van der Waals surface area contributed by atoms with E-state index in [9.17, 15) is 9.59 Å². The Balaban J connectivity index is 1.40. The van der Waals surface area contributed by atoms with Gasteiger partial charge < -0.3 is 29.0 Å². The Bertz CT molecular complexity index is 1410. The number of methoxy groups -OCH3 is 1. The van der Waals surface area contributed by atoms with Crippen LogP contribution >= 0.6 is 0 Å². The lowest BCUT2D eigenvalue weighted by Crippen LogP contribution is -2.68. The number of aromatic amines is 1. The fourth-order valence-corrected chi connectivity index (χ4v) is 6.47. The number of rotatable bonds is 8. The maximum absolute atomic E-state index is 14.3. The van der Waals surface area contributed by atoms with E-state index in [0.717, 1.165) is 53.8 Å². The summed E-state index contributed by atoms with van der Waals surface area (Å²) in [6, 6.07) is 14.1. The molecular formula is C31H38N4O5. The van der Waals surface area contributed by atoms with Crippen molar-refractivity contribution in [3.63, 3.8) is 0 Å². The third-order valence-electron chi connectivity index (χ3n) is 8.66. The van der Waals surface area contributed by atoms with E-state index in [4.69, 9.17) is 14.2 Å². The van der Waals surface area contributed by atoms with E-state index in [0.29, 0.717) is 44.4 Å². The van der Waals surface area contributed by atoms with Crippen LogP contribution < -0.4 is 9.47 Å². The summed E-state index contributed by atoms with van der Waals surface area (Å²) < 4.78 is 17.1. The number of benzene rings is 2. The summed E-state index contributed by atoms with van der Waals surface area (Å²) in [5.74, 6) is 1.16. The number of nitrogens with zero attached hydrogens (tertiary/aromatic N) is 3. The smallest absolute Gasteiger partial charge is 0.254 e. The second kappa shape index (κ2) is 10.8. The minimum Gasteiger partial charge on any atom is -0.493 e. The topological polar surface area (TPSA) is 87.3 Å². The van der Waals surface area contributed by atoms with Crippen LogP contribution in [-0.2, 0) is 19.9 Å². The summed E-state index contributed by atoms with van der Waals surface area (Å²) in [5.41, 5.74) is 2.73. The molecule has 9 nitrogen and oxygen atoms in total. The monoisotopic (exact) mass is 546 g/mol. The Morgan fingerprint density at radius 2 is 1.88 bits per heavy atom. The standard InChI is InChI=1S/C31H38N4O5/c1-4-15-40-25-10-9-21(18-26(25)38-3)23-19-35-27(36)20-34(12-11-33-13-16-39-17-14-33)30(37)31(35,2)29-28(23)22-7-5-6-8-24(22)32-29/h5-10,18,23,32H,4,11-17,19-20H2,1-3H3/t23-,31+/m1/s1. The van der Waals surface area contributed by atoms with Crippen molar-refractivity contribution < 1.29 is 23.8 Å². The number of morpholine rings is 1. The van der Waals surface area contributed by atoms with Crippen molar-refractivity contribution in [1.82, 2.24) is 19.7 Å². The van der Waals surface area contributed by atoms with Crippen LogP contribution in [-0.4, -0.2) is 97.7 Å². The number of amides is 2. The van der Waals surface area contributed by atoms with Crippen LogP contribution in [0.5, 0.6) is 11.5 Å². The zero-order chi connectivity index (χ0) is 27.9. The lowest BCUT2D eigenvalue weighted by atomic mass is 9.76. The molecule has 2 amide bonds. The summed E-state index contributed by atoms with van der Waals surface area (Å²) in [5, 5.41) is 1.07. The summed E-state index contributed by atoms with van der Waals surface area (Å²) in [7, 11) is 1.64. The van der Waals surface area contributed by atoms with Gasteiger partial charge in [-0.3, -0.25) is 14.5 Å². The van der Waals surface area contributed by atoms with Crippen LogP contribution in [0.4, 0.5) is 0 Å². The molecule has 212 valence electrons. The Kier molecular flexibility index (Phi) is 7.18. The van der Waals surface area contributed by atoms with E-state index in [1.165, 1.54) is 0 Å². The first-order chi connectivity index (χ1) is 19.5. The Morgan fingerprint density at radius 3 is 2.65 bits per heavy atom. The minimum absolute atomic E-state index is 0.0340. The van der Waals surface area contributed by atoms with Gasteiger partial charge in [0.15, 0.2) is 17.0 Å². The molecule has 4 heterocycles. The number of hydrogen-bond donors (Lipinski definition) is 1. The lowest BCUT2D eigenvalue weighted by Gasteiger charge is -2.51. The molecule has 0 saturated carbocycles. The minimum atomic E-state index is -1.11. The van der Waals surface area contributed by atoms with Crippen molar-refractivity contribution in [2.24, 2.45) is 0 Å². The maximum Gasteiger partial charge on any atom is 0.254 e. The van der Waals surface area contributed by atoms with E-state index in [-0.39, 0.29) is 24.3 Å². The van der Waals surface area contributed by atoms with Gasteiger partial charge >= 0.3 is 0 Å². The van der Waals surface area contributed by atoms with Crippen molar-refractivity contribution in [3.8, 4) is 11.5 Å². The molecule has 3 aliphatic rings. The molecule has 2 fully saturated rings. The highest BCUT2D eigenvalue weighted by Gasteiger charge is 2.56. The van der Waals surface area contributed by atoms with Crippen molar-refractivity contribution in [2.75, 3.05) is 66.2 Å². The number of piperazine rings is 1.